The van der Waals surface area contributed by atoms with Crippen LogP contribution in [0.15, 0.2) is 67.0 Å². The zero-order valence-corrected chi connectivity index (χ0v) is 16.5. The Labute approximate surface area is 170 Å². The molecule has 2 heterocycles. The minimum Gasteiger partial charge on any atom is -0.489 e. The quantitative estimate of drug-likeness (QED) is 0.651. The van der Waals surface area contributed by atoms with Gasteiger partial charge in [-0.15, -0.1) is 0 Å². The lowest BCUT2D eigenvalue weighted by Crippen LogP contribution is -2.34. The summed E-state index contributed by atoms with van der Waals surface area (Å²) in [5.41, 5.74) is 3.19. The van der Waals surface area contributed by atoms with Crippen LogP contribution in [0.1, 0.15) is 22.6 Å². The molecule has 1 aromatic heterocycles. The van der Waals surface area contributed by atoms with Crippen molar-refractivity contribution in [2.45, 2.75) is 19.1 Å². The summed E-state index contributed by atoms with van der Waals surface area (Å²) >= 11 is 0. The molecule has 0 unspecified atom stereocenters. The van der Waals surface area contributed by atoms with Crippen LogP contribution in [0.4, 0.5) is 0 Å². The van der Waals surface area contributed by atoms with Gasteiger partial charge in [-0.3, -0.25) is 9.48 Å². The number of aromatic nitrogens is 2. The van der Waals surface area contributed by atoms with Gasteiger partial charge in [0.15, 0.2) is 0 Å². The third-order valence-electron chi connectivity index (χ3n) is 5.37. The molecule has 1 aliphatic heterocycles. The smallest absolute Gasteiger partial charge is 0.225 e. The van der Waals surface area contributed by atoms with Crippen LogP contribution in [0.25, 0.3) is 0 Å². The first-order chi connectivity index (χ1) is 14.2. The summed E-state index contributed by atoms with van der Waals surface area (Å²) in [4.78, 5) is 12.9. The van der Waals surface area contributed by atoms with Crippen LogP contribution in [-0.2, 0) is 25.0 Å². The second-order valence-corrected chi connectivity index (χ2v) is 7.42. The molecule has 1 saturated heterocycles. The van der Waals surface area contributed by atoms with Crippen molar-refractivity contribution in [3.63, 3.8) is 0 Å². The molecule has 0 aliphatic carbocycles. The molecule has 2 N–H and O–H groups in total. The SMILES string of the molecule is Cn1cc([C@H]2CNC[C@@H]2C(=O)NCc2ccccc2OCc2ccccc2)cn1. The first kappa shape index (κ1) is 19.2. The first-order valence-corrected chi connectivity index (χ1v) is 9.92. The topological polar surface area (TPSA) is 68.2 Å². The molecule has 150 valence electrons. The van der Waals surface area contributed by atoms with Gasteiger partial charge in [-0.25, -0.2) is 0 Å². The van der Waals surface area contributed by atoms with Crippen molar-refractivity contribution in [3.8, 4) is 5.75 Å². The molecule has 29 heavy (non-hydrogen) atoms. The monoisotopic (exact) mass is 390 g/mol. The number of carbonyl (C=O) groups is 1. The lowest BCUT2D eigenvalue weighted by Gasteiger charge is -2.18. The summed E-state index contributed by atoms with van der Waals surface area (Å²) in [5.74, 6) is 0.900. The second kappa shape index (κ2) is 8.92. The number of amides is 1. The Kier molecular flexibility index (Phi) is 5.91. The van der Waals surface area contributed by atoms with Crippen LogP contribution in [0, 0.1) is 5.92 Å². The zero-order valence-electron chi connectivity index (χ0n) is 16.5. The second-order valence-electron chi connectivity index (χ2n) is 7.42. The molecule has 6 heteroatoms. The van der Waals surface area contributed by atoms with Gasteiger partial charge in [0.2, 0.25) is 5.91 Å². The average molecular weight is 390 g/mol. The fourth-order valence-corrected chi connectivity index (χ4v) is 3.78. The molecule has 0 radical (unpaired) electrons. The van der Waals surface area contributed by atoms with Crippen LogP contribution in [0.2, 0.25) is 0 Å². The minimum absolute atomic E-state index is 0.0571. The molecule has 0 saturated carbocycles. The van der Waals surface area contributed by atoms with E-state index in [0.717, 1.165) is 29.0 Å². The van der Waals surface area contributed by atoms with E-state index in [1.54, 1.807) is 4.68 Å². The Morgan fingerprint density at radius 3 is 2.76 bits per heavy atom. The van der Waals surface area contributed by atoms with E-state index in [1.807, 2.05) is 74.0 Å². The van der Waals surface area contributed by atoms with E-state index in [9.17, 15) is 4.79 Å². The number of nitrogens with one attached hydrogen (secondary N) is 2. The van der Waals surface area contributed by atoms with E-state index in [2.05, 4.69) is 15.7 Å². The standard InChI is InChI=1S/C23H26N4O2/c1-27-15-19(12-26-27)20-13-24-14-21(20)23(28)25-11-18-9-5-6-10-22(18)29-16-17-7-3-2-4-8-17/h2-10,12,15,20-21,24H,11,13-14,16H2,1H3,(H,25,28)/t20-,21+/m1/s1. The van der Waals surface area contributed by atoms with Crippen molar-refractivity contribution in [1.29, 1.82) is 0 Å². The largest absolute Gasteiger partial charge is 0.489 e. The van der Waals surface area contributed by atoms with Crippen LogP contribution in [0.3, 0.4) is 0 Å². The maximum atomic E-state index is 12.9. The molecule has 1 fully saturated rings. The lowest BCUT2D eigenvalue weighted by atomic mass is 9.90. The van der Waals surface area contributed by atoms with E-state index >= 15 is 0 Å². The Hall–Kier alpha value is -3.12. The fraction of sp³-hybridized carbons (Fsp3) is 0.304. The van der Waals surface area contributed by atoms with Gasteiger partial charge in [0.25, 0.3) is 0 Å². The third kappa shape index (κ3) is 4.66. The average Bonchev–Trinajstić information content (AvgIpc) is 3.40. The van der Waals surface area contributed by atoms with Crippen LogP contribution in [0.5, 0.6) is 5.75 Å². The predicted octanol–water partition coefficient (Wildman–Crippen LogP) is 2.62. The lowest BCUT2D eigenvalue weighted by molar-refractivity contribution is -0.125. The molecule has 0 bridgehead atoms. The number of nitrogens with zero attached hydrogens (tertiary/aromatic N) is 2. The van der Waals surface area contributed by atoms with E-state index < -0.39 is 0 Å². The highest BCUT2D eigenvalue weighted by Crippen LogP contribution is 2.28. The van der Waals surface area contributed by atoms with Crippen LogP contribution < -0.4 is 15.4 Å². The summed E-state index contributed by atoms with van der Waals surface area (Å²) < 4.78 is 7.78. The van der Waals surface area contributed by atoms with Crippen molar-refractivity contribution in [3.05, 3.63) is 83.7 Å². The maximum absolute atomic E-state index is 12.9. The van der Waals surface area contributed by atoms with Gasteiger partial charge in [0, 0.05) is 44.4 Å². The van der Waals surface area contributed by atoms with E-state index in [4.69, 9.17) is 4.74 Å². The zero-order chi connectivity index (χ0) is 20.1. The van der Waals surface area contributed by atoms with Crippen molar-refractivity contribution < 1.29 is 9.53 Å². The highest BCUT2D eigenvalue weighted by molar-refractivity contribution is 5.80. The Bertz CT molecular complexity index is 954. The minimum atomic E-state index is -0.100. The first-order valence-electron chi connectivity index (χ1n) is 9.92. The summed E-state index contributed by atoms with van der Waals surface area (Å²) in [6.45, 7) is 2.42. The third-order valence-corrected chi connectivity index (χ3v) is 5.37. The number of hydrogen-bond donors (Lipinski definition) is 2. The van der Waals surface area contributed by atoms with Crippen molar-refractivity contribution >= 4 is 5.91 Å². The Morgan fingerprint density at radius 2 is 1.97 bits per heavy atom. The number of benzene rings is 2. The van der Waals surface area contributed by atoms with E-state index in [-0.39, 0.29) is 17.7 Å². The molecule has 6 nitrogen and oxygen atoms in total. The summed E-state index contributed by atoms with van der Waals surface area (Å²) in [7, 11) is 1.90. The summed E-state index contributed by atoms with van der Waals surface area (Å²) in [5, 5.41) is 10.7. The predicted molar refractivity (Wildman–Crippen MR) is 111 cm³/mol. The summed E-state index contributed by atoms with van der Waals surface area (Å²) in [6, 6.07) is 17.9. The fourth-order valence-electron chi connectivity index (χ4n) is 3.78. The number of rotatable bonds is 7. The Balaban J connectivity index is 1.38. The molecule has 1 amide bonds. The molecule has 4 rings (SSSR count). The van der Waals surface area contributed by atoms with Crippen molar-refractivity contribution in [2.75, 3.05) is 13.1 Å². The summed E-state index contributed by atoms with van der Waals surface area (Å²) in [6.07, 6.45) is 3.84. The van der Waals surface area contributed by atoms with E-state index in [0.29, 0.717) is 19.7 Å². The van der Waals surface area contributed by atoms with Gasteiger partial charge in [-0.2, -0.15) is 5.10 Å². The highest BCUT2D eigenvalue weighted by Gasteiger charge is 2.34. The highest BCUT2D eigenvalue weighted by atomic mass is 16.5. The van der Waals surface area contributed by atoms with Crippen molar-refractivity contribution in [2.24, 2.45) is 13.0 Å². The number of carbonyl (C=O) groups excluding carboxylic acids is 1. The molecule has 2 aromatic carbocycles. The maximum Gasteiger partial charge on any atom is 0.225 e. The number of aryl methyl sites for hydroxylation is 1. The van der Waals surface area contributed by atoms with Gasteiger partial charge in [-0.1, -0.05) is 48.5 Å². The van der Waals surface area contributed by atoms with Gasteiger partial charge in [0.1, 0.15) is 12.4 Å². The van der Waals surface area contributed by atoms with Crippen LogP contribution >= 0.6 is 0 Å². The Morgan fingerprint density at radius 1 is 1.17 bits per heavy atom. The van der Waals surface area contributed by atoms with Gasteiger partial charge < -0.3 is 15.4 Å². The van der Waals surface area contributed by atoms with Crippen LogP contribution in [-0.4, -0.2) is 28.8 Å². The van der Waals surface area contributed by atoms with Gasteiger partial charge >= 0.3 is 0 Å². The molecule has 1 aliphatic rings. The van der Waals surface area contributed by atoms with E-state index in [1.165, 1.54) is 0 Å². The molecule has 3 aromatic rings. The van der Waals surface area contributed by atoms with Crippen molar-refractivity contribution in [1.82, 2.24) is 20.4 Å². The normalized spacial score (nSPS) is 18.5. The molecule has 0 spiro atoms. The molecule has 2 atom stereocenters. The molecular weight excluding hydrogens is 364 g/mol. The number of hydrogen-bond acceptors (Lipinski definition) is 4. The van der Waals surface area contributed by atoms with Gasteiger partial charge in [-0.05, 0) is 17.2 Å². The molecular formula is C23H26N4O2. The number of para-hydroxylation sites is 1. The number of ether oxygens (including phenoxy) is 1. The van der Waals surface area contributed by atoms with Gasteiger partial charge in [0.05, 0.1) is 12.1 Å².